The number of hydrogen-bond donors (Lipinski definition) is 4. The molecule has 2 heterocycles. The molecule has 2 aromatic rings. The van der Waals surface area contributed by atoms with Gasteiger partial charge in [0.05, 0.1) is 23.3 Å². The average Bonchev–Trinajstić information content (AvgIpc) is 2.81. The standard InChI is InChI=1S/C23H28FN7O2/c1-3-6-19(27-16(2)28-23(33)30-18-8-5-4-7-17(18)24)22(32)29-20-15-26-10-9-21(20)31-13-11-25-12-14-31/h3-10,15-16,25H,11-14H2,1-2H3,(H,29,32)(H2,28,30,33)/b6-3-,27-19+. The number of piperazine rings is 1. The first kappa shape index (κ1) is 23.9. The third kappa shape index (κ3) is 6.84. The van der Waals surface area contributed by atoms with Crippen LogP contribution in [-0.2, 0) is 4.79 Å². The summed E-state index contributed by atoms with van der Waals surface area (Å²) >= 11 is 0. The number of halogens is 1. The fourth-order valence-electron chi connectivity index (χ4n) is 3.34. The molecule has 9 nitrogen and oxygen atoms in total. The number of amides is 3. The van der Waals surface area contributed by atoms with Crippen molar-refractivity contribution in [3.8, 4) is 0 Å². The summed E-state index contributed by atoms with van der Waals surface area (Å²) in [7, 11) is 0. The number of urea groups is 1. The van der Waals surface area contributed by atoms with Gasteiger partial charge in [0.25, 0.3) is 5.91 Å². The Bertz CT molecular complexity index is 1030. The van der Waals surface area contributed by atoms with Gasteiger partial charge in [-0.05, 0) is 38.1 Å². The summed E-state index contributed by atoms with van der Waals surface area (Å²) in [5, 5.41) is 11.2. The lowest BCUT2D eigenvalue weighted by Crippen LogP contribution is -2.44. The molecular formula is C23H28FN7O2. The summed E-state index contributed by atoms with van der Waals surface area (Å²) in [6.07, 6.45) is 5.80. The molecule has 1 saturated heterocycles. The summed E-state index contributed by atoms with van der Waals surface area (Å²) in [4.78, 5) is 35.8. The van der Waals surface area contributed by atoms with Crippen LogP contribution in [0.5, 0.6) is 0 Å². The van der Waals surface area contributed by atoms with E-state index in [4.69, 9.17) is 0 Å². The summed E-state index contributed by atoms with van der Waals surface area (Å²) in [6.45, 7) is 6.75. The van der Waals surface area contributed by atoms with Crippen molar-refractivity contribution in [3.63, 3.8) is 0 Å². The highest BCUT2D eigenvalue weighted by atomic mass is 19.1. The maximum Gasteiger partial charge on any atom is 0.320 e. The highest BCUT2D eigenvalue weighted by Gasteiger charge is 2.18. The van der Waals surface area contributed by atoms with Crippen LogP contribution in [0.2, 0.25) is 0 Å². The molecule has 1 aliphatic rings. The van der Waals surface area contributed by atoms with Crippen molar-refractivity contribution >= 4 is 34.7 Å². The molecule has 1 atom stereocenters. The number of aromatic nitrogens is 1. The molecule has 0 saturated carbocycles. The smallest absolute Gasteiger partial charge is 0.320 e. The Labute approximate surface area is 192 Å². The van der Waals surface area contributed by atoms with Crippen LogP contribution >= 0.6 is 0 Å². The maximum atomic E-state index is 13.7. The van der Waals surface area contributed by atoms with Gasteiger partial charge in [-0.3, -0.25) is 14.8 Å². The molecule has 1 fully saturated rings. The van der Waals surface area contributed by atoms with Crippen molar-refractivity contribution < 1.29 is 14.0 Å². The molecule has 1 aromatic heterocycles. The minimum absolute atomic E-state index is 0.0506. The quantitative estimate of drug-likeness (QED) is 0.482. The summed E-state index contributed by atoms with van der Waals surface area (Å²) < 4.78 is 13.7. The fraction of sp³-hybridized carbons (Fsp3) is 0.304. The highest BCUT2D eigenvalue weighted by Crippen LogP contribution is 2.25. The average molecular weight is 454 g/mol. The normalized spacial score (nSPS) is 15.2. The fourth-order valence-corrected chi connectivity index (χ4v) is 3.34. The second-order valence-corrected chi connectivity index (χ2v) is 7.35. The van der Waals surface area contributed by atoms with Gasteiger partial charge in [0.1, 0.15) is 17.7 Å². The minimum Gasteiger partial charge on any atom is -0.367 e. The predicted molar refractivity (Wildman–Crippen MR) is 128 cm³/mol. The van der Waals surface area contributed by atoms with E-state index in [1.807, 2.05) is 6.07 Å². The van der Waals surface area contributed by atoms with Gasteiger partial charge in [-0.15, -0.1) is 0 Å². The highest BCUT2D eigenvalue weighted by molar-refractivity contribution is 6.47. The first-order valence-electron chi connectivity index (χ1n) is 10.7. The van der Waals surface area contributed by atoms with E-state index >= 15 is 0 Å². The number of nitrogens with one attached hydrogen (secondary N) is 4. The molecule has 0 bridgehead atoms. The van der Waals surface area contributed by atoms with Crippen molar-refractivity contribution in [1.29, 1.82) is 0 Å². The number of aliphatic imine (C=N–C) groups is 1. The van der Waals surface area contributed by atoms with Gasteiger partial charge < -0.3 is 26.2 Å². The molecule has 33 heavy (non-hydrogen) atoms. The molecule has 3 rings (SSSR count). The molecule has 0 aliphatic carbocycles. The van der Waals surface area contributed by atoms with Crippen LogP contribution in [0, 0.1) is 5.82 Å². The topological polar surface area (TPSA) is 111 Å². The van der Waals surface area contributed by atoms with Crippen molar-refractivity contribution in [3.05, 3.63) is 60.7 Å². The lowest BCUT2D eigenvalue weighted by molar-refractivity contribution is -0.110. The van der Waals surface area contributed by atoms with E-state index in [-0.39, 0.29) is 11.4 Å². The Morgan fingerprint density at radius 3 is 2.67 bits per heavy atom. The number of rotatable bonds is 7. The summed E-state index contributed by atoms with van der Waals surface area (Å²) in [6, 6.07) is 7.07. The zero-order valence-corrected chi connectivity index (χ0v) is 18.6. The van der Waals surface area contributed by atoms with E-state index in [0.29, 0.717) is 5.69 Å². The van der Waals surface area contributed by atoms with Gasteiger partial charge in [0.15, 0.2) is 0 Å². The van der Waals surface area contributed by atoms with Crippen LogP contribution in [0.3, 0.4) is 0 Å². The molecular weight excluding hydrogens is 425 g/mol. The Balaban J connectivity index is 1.68. The van der Waals surface area contributed by atoms with Crippen molar-refractivity contribution in [1.82, 2.24) is 15.6 Å². The monoisotopic (exact) mass is 453 g/mol. The van der Waals surface area contributed by atoms with Gasteiger partial charge in [-0.1, -0.05) is 18.2 Å². The van der Waals surface area contributed by atoms with E-state index in [2.05, 4.69) is 36.1 Å². The Morgan fingerprint density at radius 1 is 1.18 bits per heavy atom. The Kier molecular flexibility index (Phi) is 8.48. The van der Waals surface area contributed by atoms with Crippen LogP contribution in [0.1, 0.15) is 13.8 Å². The van der Waals surface area contributed by atoms with Crippen LogP contribution in [-0.4, -0.2) is 55.0 Å². The lowest BCUT2D eigenvalue weighted by Gasteiger charge is -2.30. The van der Waals surface area contributed by atoms with Gasteiger partial charge in [-0.2, -0.15) is 0 Å². The molecule has 1 unspecified atom stereocenters. The summed E-state index contributed by atoms with van der Waals surface area (Å²) in [5.41, 5.74) is 1.65. The molecule has 0 radical (unpaired) electrons. The molecule has 1 aromatic carbocycles. The molecule has 10 heteroatoms. The number of nitrogens with zero attached hydrogens (tertiary/aromatic N) is 3. The lowest BCUT2D eigenvalue weighted by atomic mass is 10.2. The third-order valence-corrected chi connectivity index (χ3v) is 4.86. The molecule has 4 N–H and O–H groups in total. The predicted octanol–water partition coefficient (Wildman–Crippen LogP) is 2.75. The van der Waals surface area contributed by atoms with Crippen LogP contribution < -0.4 is 26.2 Å². The van der Waals surface area contributed by atoms with Crippen molar-refractivity contribution in [2.75, 3.05) is 41.7 Å². The maximum absolute atomic E-state index is 13.7. The van der Waals surface area contributed by atoms with E-state index in [0.717, 1.165) is 31.9 Å². The Hall–Kier alpha value is -3.79. The molecule has 174 valence electrons. The summed E-state index contributed by atoms with van der Waals surface area (Å²) in [5.74, 6) is -0.977. The zero-order valence-electron chi connectivity index (χ0n) is 18.6. The number of para-hydroxylation sites is 1. The van der Waals surface area contributed by atoms with E-state index in [1.54, 1.807) is 44.5 Å². The largest absolute Gasteiger partial charge is 0.367 e. The van der Waals surface area contributed by atoms with Gasteiger partial charge in [0.2, 0.25) is 0 Å². The second-order valence-electron chi connectivity index (χ2n) is 7.35. The van der Waals surface area contributed by atoms with E-state index < -0.39 is 23.9 Å². The molecule has 0 spiro atoms. The number of carbonyl (C=O) groups is 2. The Morgan fingerprint density at radius 2 is 1.94 bits per heavy atom. The van der Waals surface area contributed by atoms with Crippen molar-refractivity contribution in [2.45, 2.75) is 20.0 Å². The van der Waals surface area contributed by atoms with Gasteiger partial charge >= 0.3 is 6.03 Å². The number of carbonyl (C=O) groups excluding carboxylic acids is 2. The second kappa shape index (κ2) is 11.7. The number of hydrogen-bond acceptors (Lipinski definition) is 6. The van der Waals surface area contributed by atoms with Crippen molar-refractivity contribution in [2.24, 2.45) is 4.99 Å². The third-order valence-electron chi connectivity index (χ3n) is 4.86. The first-order chi connectivity index (χ1) is 16.0. The van der Waals surface area contributed by atoms with E-state index in [9.17, 15) is 14.0 Å². The SMILES string of the molecule is C/C=C\C(=N/C(C)NC(=O)Nc1ccccc1F)C(=O)Nc1cnccc1N1CCNCC1. The number of pyridine rings is 1. The molecule has 1 aliphatic heterocycles. The van der Waals surface area contributed by atoms with Gasteiger partial charge in [-0.25, -0.2) is 9.18 Å². The zero-order chi connectivity index (χ0) is 23.6. The molecule has 3 amide bonds. The van der Waals surface area contributed by atoms with E-state index in [1.165, 1.54) is 18.2 Å². The number of anilines is 3. The van der Waals surface area contributed by atoms with Crippen LogP contribution in [0.15, 0.2) is 59.9 Å². The number of benzene rings is 1. The number of allylic oxidation sites excluding steroid dienone is 1. The minimum atomic E-state index is -0.740. The first-order valence-corrected chi connectivity index (χ1v) is 10.7. The van der Waals surface area contributed by atoms with Crippen LogP contribution in [0.4, 0.5) is 26.2 Å². The van der Waals surface area contributed by atoms with Gasteiger partial charge in [0, 0.05) is 32.4 Å². The van der Waals surface area contributed by atoms with Crippen LogP contribution in [0.25, 0.3) is 0 Å².